The van der Waals surface area contributed by atoms with Gasteiger partial charge in [-0.1, -0.05) is 89.3 Å². The van der Waals surface area contributed by atoms with Gasteiger partial charge in [-0.05, 0) is 41.7 Å². The first kappa shape index (κ1) is 23.9. The molecule has 0 spiro atoms. The minimum absolute atomic E-state index is 0.0974. The Balaban J connectivity index is 1.49. The molecule has 0 heterocycles. The van der Waals surface area contributed by atoms with E-state index in [9.17, 15) is 17.6 Å². The van der Waals surface area contributed by atoms with Crippen molar-refractivity contribution in [1.29, 1.82) is 0 Å². The highest BCUT2D eigenvalue weighted by Gasteiger charge is 2.21. The van der Waals surface area contributed by atoms with Gasteiger partial charge in [-0.2, -0.15) is 8.78 Å². The molecule has 2 aromatic carbocycles. The number of aryl methyl sites for hydroxylation is 1. The van der Waals surface area contributed by atoms with Gasteiger partial charge in [0.05, 0.1) is 0 Å². The van der Waals surface area contributed by atoms with Crippen LogP contribution in [0.2, 0.25) is 0 Å². The number of halogens is 4. The van der Waals surface area contributed by atoms with Gasteiger partial charge in [0.2, 0.25) is 0 Å². The van der Waals surface area contributed by atoms with E-state index in [-0.39, 0.29) is 5.39 Å². The number of hydrogen-bond donors (Lipinski definition) is 0. The van der Waals surface area contributed by atoms with Crippen LogP contribution >= 0.6 is 0 Å². The number of alkyl halides is 2. The monoisotopic (exact) mass is 438 g/mol. The second kappa shape index (κ2) is 11.7. The van der Waals surface area contributed by atoms with E-state index in [0.717, 1.165) is 30.4 Å². The van der Waals surface area contributed by atoms with E-state index >= 15 is 0 Å². The minimum Gasteiger partial charge on any atom is -0.429 e. The third-order valence-corrected chi connectivity index (χ3v) is 6.78. The predicted molar refractivity (Wildman–Crippen MR) is 118 cm³/mol. The molecular weight excluding hydrogens is 404 g/mol. The highest BCUT2D eigenvalue weighted by atomic mass is 19.3. The standard InChI is InChI=1S/C26H34F4O/c1-2-3-4-5-6-7-18-8-10-19(11-9-18)12-13-20-14-15-22-21(16-20)17-23(27)25(24(22)28)31-26(29)30/h14-19,26H,2-13H2,1H3. The van der Waals surface area contributed by atoms with Crippen LogP contribution in [0.25, 0.3) is 10.8 Å². The summed E-state index contributed by atoms with van der Waals surface area (Å²) in [7, 11) is 0. The molecule has 1 fully saturated rings. The Hall–Kier alpha value is -1.78. The third kappa shape index (κ3) is 6.85. The van der Waals surface area contributed by atoms with Crippen LogP contribution in [-0.2, 0) is 6.42 Å². The molecule has 0 amide bonds. The molecular formula is C26H34F4O. The maximum absolute atomic E-state index is 14.4. The summed E-state index contributed by atoms with van der Waals surface area (Å²) in [5, 5.41) is 0.473. The summed E-state index contributed by atoms with van der Waals surface area (Å²) in [6.45, 7) is -1.02. The van der Waals surface area contributed by atoms with Crippen LogP contribution in [0.3, 0.4) is 0 Å². The largest absolute Gasteiger partial charge is 0.429 e. The number of rotatable bonds is 11. The lowest BCUT2D eigenvalue weighted by molar-refractivity contribution is -0.0544. The first-order valence-electron chi connectivity index (χ1n) is 11.8. The molecule has 0 aromatic heterocycles. The lowest BCUT2D eigenvalue weighted by atomic mass is 9.77. The van der Waals surface area contributed by atoms with Gasteiger partial charge in [-0.25, -0.2) is 8.78 Å². The van der Waals surface area contributed by atoms with Crippen molar-refractivity contribution in [2.45, 2.75) is 90.6 Å². The van der Waals surface area contributed by atoms with Crippen molar-refractivity contribution in [1.82, 2.24) is 0 Å². The zero-order chi connectivity index (χ0) is 22.2. The van der Waals surface area contributed by atoms with Crippen molar-refractivity contribution in [3.63, 3.8) is 0 Å². The van der Waals surface area contributed by atoms with Crippen LogP contribution in [0.15, 0.2) is 24.3 Å². The smallest absolute Gasteiger partial charge is 0.387 e. The fraction of sp³-hybridized carbons (Fsp3) is 0.615. The van der Waals surface area contributed by atoms with Crippen molar-refractivity contribution in [2.24, 2.45) is 11.8 Å². The number of unbranched alkanes of at least 4 members (excludes halogenated alkanes) is 4. The molecule has 1 aliphatic carbocycles. The first-order chi connectivity index (χ1) is 15.0. The van der Waals surface area contributed by atoms with Gasteiger partial charge >= 0.3 is 6.61 Å². The summed E-state index contributed by atoms with van der Waals surface area (Å²) in [5.74, 6) is -1.60. The molecule has 0 radical (unpaired) electrons. The summed E-state index contributed by atoms with van der Waals surface area (Å²) in [6.07, 6.45) is 15.2. The Morgan fingerprint density at radius 2 is 1.58 bits per heavy atom. The Labute approximate surface area is 183 Å². The molecule has 172 valence electrons. The van der Waals surface area contributed by atoms with E-state index in [1.165, 1.54) is 70.3 Å². The van der Waals surface area contributed by atoms with Gasteiger partial charge in [0, 0.05) is 5.39 Å². The van der Waals surface area contributed by atoms with Gasteiger partial charge in [0.25, 0.3) is 0 Å². The summed E-state index contributed by atoms with van der Waals surface area (Å²) in [5.41, 5.74) is 1.02. The van der Waals surface area contributed by atoms with Crippen LogP contribution < -0.4 is 4.74 Å². The molecule has 1 nitrogen and oxygen atoms in total. The van der Waals surface area contributed by atoms with E-state index in [4.69, 9.17) is 0 Å². The van der Waals surface area contributed by atoms with Gasteiger partial charge in [0.15, 0.2) is 17.4 Å². The fourth-order valence-corrected chi connectivity index (χ4v) is 4.93. The number of benzene rings is 2. The maximum Gasteiger partial charge on any atom is 0.387 e. The molecule has 31 heavy (non-hydrogen) atoms. The van der Waals surface area contributed by atoms with Crippen LogP contribution in [0.5, 0.6) is 5.75 Å². The molecule has 3 rings (SSSR count). The van der Waals surface area contributed by atoms with Crippen LogP contribution in [0, 0.1) is 23.5 Å². The molecule has 0 unspecified atom stereocenters. The van der Waals surface area contributed by atoms with E-state index in [2.05, 4.69) is 11.7 Å². The second-order valence-corrected chi connectivity index (χ2v) is 9.06. The quantitative estimate of drug-likeness (QED) is 0.251. The molecule has 0 bridgehead atoms. The minimum atomic E-state index is -3.27. The average Bonchev–Trinajstić information content (AvgIpc) is 2.75. The zero-order valence-corrected chi connectivity index (χ0v) is 18.4. The zero-order valence-electron chi connectivity index (χ0n) is 18.4. The molecule has 0 aliphatic heterocycles. The van der Waals surface area contributed by atoms with Crippen molar-refractivity contribution in [2.75, 3.05) is 0 Å². The lowest BCUT2D eigenvalue weighted by Gasteiger charge is -2.28. The van der Waals surface area contributed by atoms with E-state index in [1.807, 2.05) is 0 Å². The summed E-state index contributed by atoms with van der Waals surface area (Å²) >= 11 is 0. The Morgan fingerprint density at radius 3 is 2.26 bits per heavy atom. The first-order valence-corrected chi connectivity index (χ1v) is 11.8. The maximum atomic E-state index is 14.4. The molecule has 0 saturated heterocycles. The SMILES string of the molecule is CCCCCCCC1CCC(CCc2ccc3c(F)c(OC(F)F)c(F)cc3c2)CC1. The molecule has 2 aromatic rings. The number of ether oxygens (including phenoxy) is 1. The highest BCUT2D eigenvalue weighted by Crippen LogP contribution is 2.35. The fourth-order valence-electron chi connectivity index (χ4n) is 4.93. The molecule has 1 aliphatic rings. The van der Waals surface area contributed by atoms with Gasteiger partial charge < -0.3 is 4.74 Å². The van der Waals surface area contributed by atoms with Gasteiger partial charge in [0.1, 0.15) is 0 Å². The second-order valence-electron chi connectivity index (χ2n) is 9.06. The number of fused-ring (bicyclic) bond motifs is 1. The van der Waals surface area contributed by atoms with Crippen LogP contribution in [0.4, 0.5) is 17.6 Å². The lowest BCUT2D eigenvalue weighted by Crippen LogP contribution is -2.15. The average molecular weight is 439 g/mol. The summed E-state index contributed by atoms with van der Waals surface area (Å²) in [6, 6.07) is 6.17. The molecule has 0 N–H and O–H groups in total. The van der Waals surface area contributed by atoms with Crippen molar-refractivity contribution >= 4 is 10.8 Å². The molecule has 5 heteroatoms. The Bertz CT molecular complexity index is 828. The van der Waals surface area contributed by atoms with E-state index in [0.29, 0.717) is 11.3 Å². The topological polar surface area (TPSA) is 9.23 Å². The normalized spacial score (nSPS) is 19.3. The summed E-state index contributed by atoms with van der Waals surface area (Å²) in [4.78, 5) is 0. The Morgan fingerprint density at radius 1 is 0.903 bits per heavy atom. The van der Waals surface area contributed by atoms with Crippen molar-refractivity contribution in [3.05, 3.63) is 41.5 Å². The van der Waals surface area contributed by atoms with E-state index in [1.54, 1.807) is 12.1 Å². The van der Waals surface area contributed by atoms with Crippen molar-refractivity contribution < 1.29 is 22.3 Å². The number of hydrogen-bond acceptors (Lipinski definition) is 1. The van der Waals surface area contributed by atoms with E-state index < -0.39 is 24.0 Å². The van der Waals surface area contributed by atoms with Gasteiger partial charge in [-0.3, -0.25) is 0 Å². The highest BCUT2D eigenvalue weighted by molar-refractivity contribution is 5.85. The molecule has 1 saturated carbocycles. The Kier molecular flexibility index (Phi) is 9.03. The van der Waals surface area contributed by atoms with Crippen LogP contribution in [0.1, 0.15) is 83.1 Å². The van der Waals surface area contributed by atoms with Crippen LogP contribution in [-0.4, -0.2) is 6.61 Å². The van der Waals surface area contributed by atoms with Crippen molar-refractivity contribution in [3.8, 4) is 5.75 Å². The predicted octanol–water partition coefficient (Wildman–Crippen LogP) is 8.82. The summed E-state index contributed by atoms with van der Waals surface area (Å²) < 4.78 is 57.2. The molecule has 0 atom stereocenters. The van der Waals surface area contributed by atoms with Gasteiger partial charge in [-0.15, -0.1) is 0 Å². The third-order valence-electron chi connectivity index (χ3n) is 6.78.